The Morgan fingerprint density at radius 1 is 1.00 bits per heavy atom. The van der Waals surface area contributed by atoms with Gasteiger partial charge in [-0.2, -0.15) is 5.10 Å². The van der Waals surface area contributed by atoms with E-state index in [-0.39, 0.29) is 12.4 Å². The maximum Gasteiger partial charge on any atom is 0.166 e. The van der Waals surface area contributed by atoms with Gasteiger partial charge >= 0.3 is 0 Å². The molecule has 8 heteroatoms. The zero-order valence-electron chi connectivity index (χ0n) is 16.8. The van der Waals surface area contributed by atoms with Crippen LogP contribution in [0, 0.1) is 11.6 Å². The monoisotopic (exact) mass is 419 g/mol. The van der Waals surface area contributed by atoms with Crippen LogP contribution in [-0.2, 0) is 19.6 Å². The number of fused-ring (bicyclic) bond motifs is 7. The highest BCUT2D eigenvalue weighted by molar-refractivity contribution is 5.71. The maximum atomic E-state index is 14.2. The van der Waals surface area contributed by atoms with Crippen LogP contribution in [-0.4, -0.2) is 19.7 Å². The number of aryl methyl sites for hydroxylation is 1. The largest absolute Gasteiger partial charge is 0.485 e. The van der Waals surface area contributed by atoms with Crippen molar-refractivity contribution in [3.8, 4) is 28.3 Å². The van der Waals surface area contributed by atoms with Gasteiger partial charge in [0.15, 0.2) is 11.6 Å². The van der Waals surface area contributed by atoms with E-state index < -0.39 is 11.6 Å². The number of aromatic nitrogens is 4. The lowest BCUT2D eigenvalue weighted by Gasteiger charge is -2.17. The summed E-state index contributed by atoms with van der Waals surface area (Å²) in [7, 11) is 0. The average molecular weight is 419 g/mol. The van der Waals surface area contributed by atoms with Gasteiger partial charge in [-0.3, -0.25) is 9.67 Å². The molecule has 0 unspecified atom stereocenters. The summed E-state index contributed by atoms with van der Waals surface area (Å²) in [5.41, 5.74) is 11.1. The van der Waals surface area contributed by atoms with E-state index in [4.69, 9.17) is 10.5 Å². The van der Waals surface area contributed by atoms with Gasteiger partial charge in [-0.25, -0.2) is 13.8 Å². The van der Waals surface area contributed by atoms with Gasteiger partial charge < -0.3 is 10.5 Å². The fourth-order valence-corrected chi connectivity index (χ4v) is 3.96. The number of benzene rings is 1. The van der Waals surface area contributed by atoms with E-state index in [1.807, 2.05) is 11.6 Å². The lowest BCUT2D eigenvalue weighted by molar-refractivity contribution is 0.307. The van der Waals surface area contributed by atoms with Gasteiger partial charge in [-0.15, -0.1) is 0 Å². The highest BCUT2D eigenvalue weighted by Crippen LogP contribution is 2.35. The van der Waals surface area contributed by atoms with Crippen molar-refractivity contribution >= 4 is 5.82 Å². The fraction of sp³-hybridized carbons (Fsp3) is 0.174. The van der Waals surface area contributed by atoms with Crippen molar-refractivity contribution in [3.05, 3.63) is 77.2 Å². The SMILES string of the molecule is CCn1ncc2c1-c1cnc(N)c(c1)OCc1cc(F)ccc1-c1ncc(F)cc1C2. The number of pyridine rings is 2. The van der Waals surface area contributed by atoms with Gasteiger partial charge in [-0.1, -0.05) is 0 Å². The summed E-state index contributed by atoms with van der Waals surface area (Å²) in [6.45, 7) is 2.69. The van der Waals surface area contributed by atoms with Crippen molar-refractivity contribution in [1.82, 2.24) is 19.7 Å². The molecule has 0 atom stereocenters. The van der Waals surface area contributed by atoms with Crippen LogP contribution in [0.4, 0.5) is 14.6 Å². The van der Waals surface area contributed by atoms with E-state index in [1.54, 1.807) is 24.5 Å². The van der Waals surface area contributed by atoms with Crippen LogP contribution in [0.25, 0.3) is 22.5 Å². The lowest BCUT2D eigenvalue weighted by Crippen LogP contribution is -2.07. The Morgan fingerprint density at radius 2 is 1.84 bits per heavy atom. The number of halogens is 2. The Hall–Kier alpha value is -3.81. The molecular weight excluding hydrogens is 400 g/mol. The third-order valence-electron chi connectivity index (χ3n) is 5.39. The molecule has 31 heavy (non-hydrogen) atoms. The van der Waals surface area contributed by atoms with Crippen LogP contribution in [0.2, 0.25) is 0 Å². The quantitative estimate of drug-likeness (QED) is 0.496. The third-order valence-corrected chi connectivity index (χ3v) is 5.39. The van der Waals surface area contributed by atoms with Gasteiger partial charge in [0.1, 0.15) is 18.2 Å². The van der Waals surface area contributed by atoms with Crippen LogP contribution in [0.3, 0.4) is 0 Å². The van der Waals surface area contributed by atoms with E-state index in [1.165, 1.54) is 24.4 Å². The molecule has 1 aliphatic rings. The molecule has 4 heterocycles. The van der Waals surface area contributed by atoms with Crippen molar-refractivity contribution in [3.63, 3.8) is 0 Å². The van der Waals surface area contributed by atoms with Gasteiger partial charge in [-0.05, 0) is 42.8 Å². The summed E-state index contributed by atoms with van der Waals surface area (Å²) < 4.78 is 36.0. The Labute approximate surface area is 177 Å². The van der Waals surface area contributed by atoms with E-state index in [0.29, 0.717) is 41.1 Å². The number of hydrogen-bond acceptors (Lipinski definition) is 5. The van der Waals surface area contributed by atoms with Crippen molar-refractivity contribution in [2.75, 3.05) is 5.73 Å². The lowest BCUT2D eigenvalue weighted by atomic mass is 9.95. The molecule has 2 bridgehead atoms. The van der Waals surface area contributed by atoms with Crippen molar-refractivity contribution in [1.29, 1.82) is 0 Å². The number of anilines is 1. The highest BCUT2D eigenvalue weighted by atomic mass is 19.1. The normalized spacial score (nSPS) is 12.6. The van der Waals surface area contributed by atoms with Crippen LogP contribution in [0.1, 0.15) is 23.6 Å². The predicted octanol–water partition coefficient (Wildman–Crippen LogP) is 4.37. The van der Waals surface area contributed by atoms with Gasteiger partial charge in [0.2, 0.25) is 0 Å². The summed E-state index contributed by atoms with van der Waals surface area (Å²) >= 11 is 0. The average Bonchev–Trinajstić information content (AvgIpc) is 3.16. The molecule has 4 aromatic rings. The van der Waals surface area contributed by atoms with Gasteiger partial charge in [0.25, 0.3) is 0 Å². The Bertz CT molecular complexity index is 1300. The Morgan fingerprint density at radius 3 is 2.68 bits per heavy atom. The number of nitrogens with zero attached hydrogens (tertiary/aromatic N) is 4. The van der Waals surface area contributed by atoms with Crippen LogP contribution >= 0.6 is 0 Å². The molecule has 0 saturated carbocycles. The van der Waals surface area contributed by atoms with E-state index in [0.717, 1.165) is 16.8 Å². The van der Waals surface area contributed by atoms with Crippen LogP contribution in [0.15, 0.2) is 48.9 Å². The fourth-order valence-electron chi connectivity index (χ4n) is 3.96. The number of ether oxygens (including phenoxy) is 1. The van der Waals surface area contributed by atoms with E-state index in [9.17, 15) is 8.78 Å². The summed E-state index contributed by atoms with van der Waals surface area (Å²) in [5, 5.41) is 4.49. The molecule has 3 aromatic heterocycles. The minimum absolute atomic E-state index is 0.0564. The Kier molecular flexibility index (Phi) is 4.62. The first-order chi connectivity index (χ1) is 15.0. The molecule has 0 radical (unpaired) electrons. The highest BCUT2D eigenvalue weighted by Gasteiger charge is 2.21. The summed E-state index contributed by atoms with van der Waals surface area (Å²) in [6.07, 6.45) is 4.99. The molecule has 2 N–H and O–H groups in total. The molecule has 0 spiro atoms. The molecule has 156 valence electrons. The smallest absolute Gasteiger partial charge is 0.166 e. The zero-order chi connectivity index (χ0) is 21.5. The number of rotatable bonds is 1. The van der Waals surface area contributed by atoms with Crippen LogP contribution < -0.4 is 10.5 Å². The van der Waals surface area contributed by atoms with Crippen molar-refractivity contribution in [2.24, 2.45) is 0 Å². The standard InChI is InChI=1S/C23H19F2N5O/c1-2-30-22-14(10-29-30)5-13-6-18(25)11-27-21(13)19-4-3-17(24)7-16(19)12-31-20-8-15(22)9-28-23(20)26/h3-4,6-11H,2,5,12H2,1H3,(H2,26,28). The third kappa shape index (κ3) is 3.39. The molecule has 0 saturated heterocycles. The second-order valence-corrected chi connectivity index (χ2v) is 7.37. The maximum absolute atomic E-state index is 14.2. The molecule has 5 rings (SSSR count). The topological polar surface area (TPSA) is 78.9 Å². The molecule has 0 fully saturated rings. The van der Waals surface area contributed by atoms with Crippen LogP contribution in [0.5, 0.6) is 5.75 Å². The van der Waals surface area contributed by atoms with E-state index in [2.05, 4.69) is 15.1 Å². The Balaban J connectivity index is 1.79. The molecule has 1 aliphatic heterocycles. The summed E-state index contributed by atoms with van der Waals surface area (Å²) in [6, 6.07) is 7.65. The summed E-state index contributed by atoms with van der Waals surface area (Å²) in [5.74, 6) is -0.199. The second-order valence-electron chi connectivity index (χ2n) is 7.37. The zero-order valence-corrected chi connectivity index (χ0v) is 16.8. The minimum atomic E-state index is -0.438. The predicted molar refractivity (Wildman–Crippen MR) is 112 cm³/mol. The molecule has 6 nitrogen and oxygen atoms in total. The second kappa shape index (κ2) is 7.46. The molecule has 0 amide bonds. The molecular formula is C23H19F2N5O. The van der Waals surface area contributed by atoms with Crippen molar-refractivity contribution < 1.29 is 13.5 Å². The number of nitrogen functional groups attached to an aromatic ring is 1. The molecule has 1 aromatic carbocycles. The van der Waals surface area contributed by atoms with Gasteiger partial charge in [0.05, 0.1) is 23.8 Å². The number of nitrogens with two attached hydrogens (primary N) is 1. The summed E-state index contributed by atoms with van der Waals surface area (Å²) in [4.78, 5) is 8.63. The molecule has 0 aliphatic carbocycles. The van der Waals surface area contributed by atoms with Crippen molar-refractivity contribution in [2.45, 2.75) is 26.5 Å². The van der Waals surface area contributed by atoms with E-state index >= 15 is 0 Å². The van der Waals surface area contributed by atoms with Gasteiger partial charge in [0, 0.05) is 41.4 Å². The first kappa shape index (κ1) is 19.2. The minimum Gasteiger partial charge on any atom is -0.485 e. The number of hydrogen-bond donors (Lipinski definition) is 1. The first-order valence-electron chi connectivity index (χ1n) is 9.90. The first-order valence-corrected chi connectivity index (χ1v) is 9.90.